The molecule has 2 saturated carbocycles. The zero-order valence-electron chi connectivity index (χ0n) is 15.1. The number of ketones is 1. The van der Waals surface area contributed by atoms with Gasteiger partial charge in [-0.15, -0.1) is 0 Å². The van der Waals surface area contributed by atoms with E-state index in [0.29, 0.717) is 17.5 Å². The number of aromatic hydroxyl groups is 1. The Labute approximate surface area is 146 Å². The number of hydrogen-bond donors (Lipinski definition) is 1. The average molecular weight is 328 g/mol. The van der Waals surface area contributed by atoms with Crippen LogP contribution in [0.5, 0.6) is 5.75 Å². The Kier molecular flexibility index (Phi) is 5.63. The second kappa shape index (κ2) is 7.72. The van der Waals surface area contributed by atoms with Crippen LogP contribution >= 0.6 is 0 Å². The van der Waals surface area contributed by atoms with Crippen LogP contribution in [0.25, 0.3) is 0 Å². The van der Waals surface area contributed by atoms with Crippen molar-refractivity contribution in [2.75, 3.05) is 0 Å². The van der Waals surface area contributed by atoms with Crippen molar-refractivity contribution in [2.45, 2.75) is 83.0 Å². The van der Waals surface area contributed by atoms with Gasteiger partial charge in [-0.25, -0.2) is 0 Å². The minimum atomic E-state index is 0.233. The Hall–Kier alpha value is -1.31. The Morgan fingerprint density at radius 2 is 1.67 bits per heavy atom. The van der Waals surface area contributed by atoms with Gasteiger partial charge in [-0.2, -0.15) is 0 Å². The Bertz CT molecular complexity index is 528. The molecule has 0 amide bonds. The molecule has 1 N–H and O–H groups in total. The molecular formula is C22H32O2. The summed E-state index contributed by atoms with van der Waals surface area (Å²) in [5.74, 6) is 2.32. The lowest BCUT2D eigenvalue weighted by Gasteiger charge is -2.47. The first kappa shape index (κ1) is 17.5. The summed E-state index contributed by atoms with van der Waals surface area (Å²) in [7, 11) is 0. The van der Waals surface area contributed by atoms with Crippen molar-refractivity contribution in [1.29, 1.82) is 0 Å². The highest BCUT2D eigenvalue weighted by Gasteiger charge is 2.43. The summed E-state index contributed by atoms with van der Waals surface area (Å²) in [5, 5.41) is 9.68. The molecule has 0 bridgehead atoms. The van der Waals surface area contributed by atoms with Crippen LogP contribution in [0.4, 0.5) is 0 Å². The fourth-order valence-corrected chi connectivity index (χ4v) is 5.19. The number of rotatable bonds is 5. The van der Waals surface area contributed by atoms with Crippen molar-refractivity contribution in [3.8, 4) is 5.75 Å². The maximum Gasteiger partial charge on any atom is 0.132 e. The van der Waals surface area contributed by atoms with Gasteiger partial charge < -0.3 is 5.11 Å². The van der Waals surface area contributed by atoms with E-state index in [9.17, 15) is 9.90 Å². The Morgan fingerprint density at radius 3 is 2.25 bits per heavy atom. The molecule has 2 aliphatic carbocycles. The molecule has 0 aliphatic heterocycles. The zero-order chi connectivity index (χ0) is 17.0. The van der Waals surface area contributed by atoms with Crippen molar-refractivity contribution >= 4 is 5.78 Å². The number of benzene rings is 1. The minimum Gasteiger partial charge on any atom is -0.508 e. The van der Waals surface area contributed by atoms with E-state index in [4.69, 9.17) is 0 Å². The summed E-state index contributed by atoms with van der Waals surface area (Å²) < 4.78 is 0. The molecule has 0 saturated heterocycles. The van der Waals surface area contributed by atoms with E-state index in [1.807, 2.05) is 12.1 Å². The smallest absolute Gasteiger partial charge is 0.132 e. The van der Waals surface area contributed by atoms with Gasteiger partial charge in [-0.3, -0.25) is 4.79 Å². The molecule has 0 radical (unpaired) electrons. The zero-order valence-corrected chi connectivity index (χ0v) is 15.1. The highest BCUT2D eigenvalue weighted by molar-refractivity contribution is 5.79. The van der Waals surface area contributed by atoms with Crippen LogP contribution < -0.4 is 0 Å². The van der Waals surface area contributed by atoms with Gasteiger partial charge in [0.05, 0.1) is 0 Å². The number of carbonyl (C=O) groups is 1. The molecule has 0 spiro atoms. The van der Waals surface area contributed by atoms with Gasteiger partial charge in [-0.1, -0.05) is 38.3 Å². The van der Waals surface area contributed by atoms with Crippen LogP contribution in [0.15, 0.2) is 24.3 Å². The quantitative estimate of drug-likeness (QED) is 0.745. The van der Waals surface area contributed by atoms with Crippen LogP contribution in [0, 0.1) is 11.8 Å². The monoisotopic (exact) mass is 328 g/mol. The maximum absolute atomic E-state index is 11.7. The summed E-state index contributed by atoms with van der Waals surface area (Å²) in [6.45, 7) is 2.28. The molecule has 0 atom stereocenters. The average Bonchev–Trinajstić information content (AvgIpc) is 2.62. The van der Waals surface area contributed by atoms with E-state index in [1.165, 1.54) is 50.5 Å². The molecule has 1 aromatic rings. The molecule has 0 aromatic heterocycles. The van der Waals surface area contributed by atoms with Crippen molar-refractivity contribution in [3.05, 3.63) is 29.8 Å². The second-order valence-electron chi connectivity index (χ2n) is 8.10. The third kappa shape index (κ3) is 3.68. The summed E-state index contributed by atoms with van der Waals surface area (Å²) in [5.41, 5.74) is 1.63. The Morgan fingerprint density at radius 1 is 1.04 bits per heavy atom. The molecule has 0 heterocycles. The third-order valence-electron chi connectivity index (χ3n) is 6.73. The van der Waals surface area contributed by atoms with E-state index in [2.05, 4.69) is 19.1 Å². The fraction of sp³-hybridized carbons (Fsp3) is 0.682. The number of carbonyl (C=O) groups excluding carboxylic acids is 1. The number of unbranched alkanes of at least 4 members (excludes halogenated alkanes) is 1. The van der Waals surface area contributed by atoms with Crippen LogP contribution in [-0.2, 0) is 10.2 Å². The number of phenols is 1. The predicted molar refractivity (Wildman–Crippen MR) is 98.2 cm³/mol. The number of phenolic OH excluding ortho intramolecular Hbond substituents is 1. The van der Waals surface area contributed by atoms with E-state index in [-0.39, 0.29) is 5.41 Å². The molecule has 1 aromatic carbocycles. The third-order valence-corrected chi connectivity index (χ3v) is 6.73. The fourth-order valence-electron chi connectivity index (χ4n) is 5.19. The van der Waals surface area contributed by atoms with E-state index < -0.39 is 0 Å². The SMILES string of the molecule is CCCCC1CCC(c2ccc(O)cc2)(C2CCC(=O)CC2)CC1. The lowest BCUT2D eigenvalue weighted by molar-refractivity contribution is -0.121. The molecular weight excluding hydrogens is 296 g/mol. The molecule has 3 rings (SSSR count). The summed E-state index contributed by atoms with van der Waals surface area (Å²) >= 11 is 0. The molecule has 2 heteroatoms. The van der Waals surface area contributed by atoms with Crippen LogP contribution in [0.1, 0.15) is 83.1 Å². The second-order valence-corrected chi connectivity index (χ2v) is 8.10. The summed E-state index contributed by atoms with van der Waals surface area (Å²) in [6, 6.07) is 7.96. The van der Waals surface area contributed by atoms with Gasteiger partial charge in [0.25, 0.3) is 0 Å². The lowest BCUT2D eigenvalue weighted by Crippen LogP contribution is -2.41. The van der Waals surface area contributed by atoms with Gasteiger partial charge in [0.1, 0.15) is 11.5 Å². The van der Waals surface area contributed by atoms with Crippen LogP contribution in [-0.4, -0.2) is 10.9 Å². The highest BCUT2D eigenvalue weighted by Crippen LogP contribution is 2.51. The number of Topliss-reactive ketones (excluding diaryl/α,β-unsaturated/α-hetero) is 1. The molecule has 2 nitrogen and oxygen atoms in total. The van der Waals surface area contributed by atoms with Gasteiger partial charge in [-0.05, 0) is 73.5 Å². The largest absolute Gasteiger partial charge is 0.508 e. The molecule has 2 fully saturated rings. The first-order valence-electron chi connectivity index (χ1n) is 9.95. The van der Waals surface area contributed by atoms with Crippen molar-refractivity contribution in [2.24, 2.45) is 11.8 Å². The number of hydrogen-bond acceptors (Lipinski definition) is 2. The van der Waals surface area contributed by atoms with E-state index >= 15 is 0 Å². The molecule has 0 unspecified atom stereocenters. The van der Waals surface area contributed by atoms with Gasteiger partial charge in [0.15, 0.2) is 0 Å². The van der Waals surface area contributed by atoms with E-state index in [1.54, 1.807) is 0 Å². The molecule has 132 valence electrons. The first-order valence-corrected chi connectivity index (χ1v) is 9.95. The standard InChI is InChI=1S/C22H32O2/c1-2-3-4-17-13-15-22(16-14-17,18-5-9-20(23)10-6-18)19-7-11-21(24)12-8-19/h5-6,9-10,17,19,23H,2-4,7-8,11-16H2,1H3. The van der Waals surface area contributed by atoms with Crippen molar-refractivity contribution < 1.29 is 9.90 Å². The highest BCUT2D eigenvalue weighted by atomic mass is 16.3. The Balaban J connectivity index is 1.80. The van der Waals surface area contributed by atoms with E-state index in [0.717, 1.165) is 31.6 Å². The minimum absolute atomic E-state index is 0.233. The molecule has 2 aliphatic rings. The normalized spacial score (nSPS) is 28.9. The molecule has 24 heavy (non-hydrogen) atoms. The lowest BCUT2D eigenvalue weighted by atomic mass is 9.57. The van der Waals surface area contributed by atoms with Gasteiger partial charge >= 0.3 is 0 Å². The topological polar surface area (TPSA) is 37.3 Å². The summed E-state index contributed by atoms with van der Waals surface area (Å²) in [4.78, 5) is 11.7. The van der Waals surface area contributed by atoms with Crippen LogP contribution in [0.3, 0.4) is 0 Å². The van der Waals surface area contributed by atoms with Crippen LogP contribution in [0.2, 0.25) is 0 Å². The van der Waals surface area contributed by atoms with Gasteiger partial charge in [0, 0.05) is 12.8 Å². The first-order chi connectivity index (χ1) is 11.6. The predicted octanol–water partition coefficient (Wildman–Crippen LogP) is 5.77. The van der Waals surface area contributed by atoms with Gasteiger partial charge in [0.2, 0.25) is 0 Å². The van der Waals surface area contributed by atoms with Crippen molar-refractivity contribution in [1.82, 2.24) is 0 Å². The maximum atomic E-state index is 11.7. The summed E-state index contributed by atoms with van der Waals surface area (Å²) in [6.07, 6.45) is 12.8. The van der Waals surface area contributed by atoms with Crippen molar-refractivity contribution in [3.63, 3.8) is 0 Å².